The van der Waals surface area contributed by atoms with E-state index in [0.717, 1.165) is 63.8 Å². The van der Waals surface area contributed by atoms with E-state index in [0.29, 0.717) is 5.92 Å². The van der Waals surface area contributed by atoms with Gasteiger partial charge < -0.3 is 9.80 Å². The van der Waals surface area contributed by atoms with E-state index >= 15 is 0 Å². The first-order valence-corrected chi connectivity index (χ1v) is 9.27. The molecule has 0 aliphatic carbocycles. The molecule has 130 valence electrons. The Morgan fingerprint density at radius 1 is 0.917 bits per heavy atom. The second-order valence-corrected chi connectivity index (χ2v) is 7.20. The minimum atomic E-state index is 0.177. The second kappa shape index (κ2) is 7.82. The SMILES string of the molecule is CC(=O)N1CCC(Cc2ccc(C(=O)N3CCCCC3)cc2)CC1. The highest BCUT2D eigenvalue weighted by atomic mass is 16.2. The van der Waals surface area contributed by atoms with Gasteiger partial charge in [-0.25, -0.2) is 0 Å². The van der Waals surface area contributed by atoms with Gasteiger partial charge in [-0.2, -0.15) is 0 Å². The van der Waals surface area contributed by atoms with Crippen molar-refractivity contribution in [2.45, 2.75) is 45.4 Å². The fourth-order valence-corrected chi connectivity index (χ4v) is 3.85. The summed E-state index contributed by atoms with van der Waals surface area (Å²) in [5.74, 6) is 1.01. The quantitative estimate of drug-likeness (QED) is 0.855. The molecule has 2 fully saturated rings. The van der Waals surface area contributed by atoms with E-state index in [-0.39, 0.29) is 11.8 Å². The third kappa shape index (κ3) is 4.16. The van der Waals surface area contributed by atoms with Gasteiger partial charge in [-0.05, 0) is 62.1 Å². The van der Waals surface area contributed by atoms with Gasteiger partial charge in [-0.3, -0.25) is 9.59 Å². The Balaban J connectivity index is 1.53. The van der Waals surface area contributed by atoms with Crippen molar-refractivity contribution in [2.24, 2.45) is 5.92 Å². The van der Waals surface area contributed by atoms with E-state index in [1.54, 1.807) is 6.92 Å². The predicted octanol–water partition coefficient (Wildman–Crippen LogP) is 3.11. The highest BCUT2D eigenvalue weighted by molar-refractivity contribution is 5.94. The number of hydrogen-bond donors (Lipinski definition) is 0. The molecule has 3 rings (SSSR count). The number of benzene rings is 1. The van der Waals surface area contributed by atoms with Crippen molar-refractivity contribution < 1.29 is 9.59 Å². The zero-order valence-corrected chi connectivity index (χ0v) is 14.7. The molecule has 0 aromatic heterocycles. The van der Waals surface area contributed by atoms with Gasteiger partial charge >= 0.3 is 0 Å². The molecule has 0 saturated carbocycles. The molecule has 2 aliphatic heterocycles. The third-order valence-electron chi connectivity index (χ3n) is 5.43. The molecule has 4 heteroatoms. The molecule has 1 aromatic rings. The number of carbonyl (C=O) groups is 2. The van der Waals surface area contributed by atoms with Crippen molar-refractivity contribution in [1.29, 1.82) is 0 Å². The van der Waals surface area contributed by atoms with Crippen molar-refractivity contribution in [3.05, 3.63) is 35.4 Å². The summed E-state index contributed by atoms with van der Waals surface area (Å²) < 4.78 is 0. The summed E-state index contributed by atoms with van der Waals surface area (Å²) in [7, 11) is 0. The molecule has 0 atom stereocenters. The topological polar surface area (TPSA) is 40.6 Å². The highest BCUT2D eigenvalue weighted by Gasteiger charge is 2.21. The monoisotopic (exact) mass is 328 g/mol. The predicted molar refractivity (Wildman–Crippen MR) is 94.9 cm³/mol. The Morgan fingerprint density at radius 2 is 1.54 bits per heavy atom. The van der Waals surface area contributed by atoms with Crippen LogP contribution in [0.1, 0.15) is 54.9 Å². The average Bonchev–Trinajstić information content (AvgIpc) is 2.63. The van der Waals surface area contributed by atoms with Crippen molar-refractivity contribution >= 4 is 11.8 Å². The van der Waals surface area contributed by atoms with E-state index in [9.17, 15) is 9.59 Å². The zero-order chi connectivity index (χ0) is 16.9. The molecule has 0 N–H and O–H groups in total. The summed E-state index contributed by atoms with van der Waals surface area (Å²) in [4.78, 5) is 27.8. The molecule has 2 heterocycles. The Bertz CT molecular complexity index is 568. The van der Waals surface area contributed by atoms with Crippen LogP contribution in [0.2, 0.25) is 0 Å². The number of rotatable bonds is 3. The Hall–Kier alpha value is -1.84. The Morgan fingerprint density at radius 3 is 2.12 bits per heavy atom. The molecule has 0 unspecified atom stereocenters. The van der Waals surface area contributed by atoms with Gasteiger partial charge in [0.2, 0.25) is 5.91 Å². The van der Waals surface area contributed by atoms with E-state index in [2.05, 4.69) is 12.1 Å². The number of nitrogens with zero attached hydrogens (tertiary/aromatic N) is 2. The van der Waals surface area contributed by atoms with Gasteiger partial charge in [0, 0.05) is 38.7 Å². The van der Waals surface area contributed by atoms with Gasteiger partial charge in [-0.15, -0.1) is 0 Å². The summed E-state index contributed by atoms with van der Waals surface area (Å²) in [5, 5.41) is 0. The van der Waals surface area contributed by atoms with Crippen LogP contribution in [-0.2, 0) is 11.2 Å². The summed E-state index contributed by atoms with van der Waals surface area (Å²) in [6.45, 7) is 5.21. The molecular weight excluding hydrogens is 300 g/mol. The zero-order valence-electron chi connectivity index (χ0n) is 14.7. The van der Waals surface area contributed by atoms with Gasteiger partial charge in [-0.1, -0.05) is 12.1 Å². The van der Waals surface area contributed by atoms with E-state index in [1.807, 2.05) is 21.9 Å². The normalized spacial score (nSPS) is 19.4. The Labute approximate surface area is 144 Å². The third-order valence-corrected chi connectivity index (χ3v) is 5.43. The molecule has 1 aromatic carbocycles. The fourth-order valence-electron chi connectivity index (χ4n) is 3.85. The number of piperidine rings is 2. The number of hydrogen-bond acceptors (Lipinski definition) is 2. The lowest BCUT2D eigenvalue weighted by Crippen LogP contribution is -2.37. The van der Waals surface area contributed by atoms with E-state index in [4.69, 9.17) is 0 Å². The molecule has 2 amide bonds. The van der Waals surface area contributed by atoms with Crippen LogP contribution >= 0.6 is 0 Å². The largest absolute Gasteiger partial charge is 0.343 e. The van der Waals surface area contributed by atoms with Crippen molar-refractivity contribution in [2.75, 3.05) is 26.2 Å². The summed E-state index contributed by atoms with van der Waals surface area (Å²) in [6, 6.07) is 8.18. The number of amides is 2. The number of carbonyl (C=O) groups excluding carboxylic acids is 2. The molecular formula is C20H28N2O2. The first-order valence-electron chi connectivity index (χ1n) is 9.27. The molecule has 2 saturated heterocycles. The summed E-state index contributed by atoms with van der Waals surface area (Å²) >= 11 is 0. The first kappa shape index (κ1) is 17.0. The fraction of sp³-hybridized carbons (Fsp3) is 0.600. The van der Waals surface area contributed by atoms with Crippen LogP contribution in [0.4, 0.5) is 0 Å². The van der Waals surface area contributed by atoms with E-state index in [1.165, 1.54) is 12.0 Å². The van der Waals surface area contributed by atoms with E-state index < -0.39 is 0 Å². The molecule has 0 spiro atoms. The van der Waals surface area contributed by atoms with Crippen LogP contribution in [0.25, 0.3) is 0 Å². The van der Waals surface area contributed by atoms with Crippen LogP contribution < -0.4 is 0 Å². The van der Waals surface area contributed by atoms with Crippen LogP contribution in [-0.4, -0.2) is 47.8 Å². The van der Waals surface area contributed by atoms with Crippen LogP contribution in [0.15, 0.2) is 24.3 Å². The minimum Gasteiger partial charge on any atom is -0.343 e. The lowest BCUT2D eigenvalue weighted by Gasteiger charge is -2.31. The van der Waals surface area contributed by atoms with Crippen LogP contribution in [0.5, 0.6) is 0 Å². The molecule has 4 nitrogen and oxygen atoms in total. The molecule has 2 aliphatic rings. The van der Waals surface area contributed by atoms with Crippen LogP contribution in [0, 0.1) is 5.92 Å². The average molecular weight is 328 g/mol. The smallest absolute Gasteiger partial charge is 0.253 e. The maximum absolute atomic E-state index is 12.5. The lowest BCUT2D eigenvalue weighted by atomic mass is 9.90. The Kier molecular flexibility index (Phi) is 5.54. The highest BCUT2D eigenvalue weighted by Crippen LogP contribution is 2.22. The number of likely N-dealkylation sites (tertiary alicyclic amines) is 2. The summed E-state index contributed by atoms with van der Waals surface area (Å²) in [5.41, 5.74) is 2.11. The minimum absolute atomic E-state index is 0.177. The summed E-state index contributed by atoms with van der Waals surface area (Å²) in [6.07, 6.45) is 6.70. The molecule has 0 bridgehead atoms. The second-order valence-electron chi connectivity index (χ2n) is 7.20. The van der Waals surface area contributed by atoms with Crippen molar-refractivity contribution in [3.8, 4) is 0 Å². The van der Waals surface area contributed by atoms with Crippen LogP contribution in [0.3, 0.4) is 0 Å². The first-order chi connectivity index (χ1) is 11.6. The van der Waals surface area contributed by atoms with Crippen molar-refractivity contribution in [3.63, 3.8) is 0 Å². The van der Waals surface area contributed by atoms with Gasteiger partial charge in [0.25, 0.3) is 5.91 Å². The van der Waals surface area contributed by atoms with Gasteiger partial charge in [0.15, 0.2) is 0 Å². The molecule has 0 radical (unpaired) electrons. The maximum Gasteiger partial charge on any atom is 0.253 e. The van der Waals surface area contributed by atoms with Crippen molar-refractivity contribution in [1.82, 2.24) is 9.80 Å². The standard InChI is InChI=1S/C20H28N2O2/c1-16(23)21-13-9-18(10-14-21)15-17-5-7-19(8-6-17)20(24)22-11-3-2-4-12-22/h5-8,18H,2-4,9-15H2,1H3. The molecule has 24 heavy (non-hydrogen) atoms. The maximum atomic E-state index is 12.5. The van der Waals surface area contributed by atoms with Gasteiger partial charge in [0.1, 0.15) is 0 Å². The lowest BCUT2D eigenvalue weighted by molar-refractivity contribution is -0.130. The van der Waals surface area contributed by atoms with Gasteiger partial charge in [0.05, 0.1) is 0 Å².